The molecule has 1 aliphatic heterocycles. The molecular weight excluding hydrogens is 384 g/mol. The van der Waals surface area contributed by atoms with Crippen LogP contribution in [0.3, 0.4) is 0 Å². The van der Waals surface area contributed by atoms with Crippen LogP contribution in [-0.4, -0.2) is 19.8 Å². The molecule has 2 aliphatic rings. The average Bonchev–Trinajstić information content (AvgIpc) is 3.43. The number of cyclic esters (lactones) is 1. The van der Waals surface area contributed by atoms with Gasteiger partial charge in [-0.1, -0.05) is 61.6 Å². The SMILES string of the molecule is Cc1ccc(C2(O)OC(=O)C(c3ccc4nsnc4c3)=C2CC2CCCC2)cc1. The molecule has 1 saturated carbocycles. The Bertz CT molecular complexity index is 1110. The lowest BCUT2D eigenvalue weighted by molar-refractivity contribution is -0.185. The zero-order valence-corrected chi connectivity index (χ0v) is 17.0. The first-order chi connectivity index (χ1) is 14.0. The van der Waals surface area contributed by atoms with Crippen molar-refractivity contribution in [1.29, 1.82) is 0 Å². The molecule has 1 N–H and O–H groups in total. The van der Waals surface area contributed by atoms with Crippen molar-refractivity contribution in [2.45, 2.75) is 44.8 Å². The third-order valence-electron chi connectivity index (χ3n) is 6.11. The van der Waals surface area contributed by atoms with Crippen molar-refractivity contribution >= 4 is 34.3 Å². The molecule has 2 heterocycles. The van der Waals surface area contributed by atoms with Gasteiger partial charge in [-0.15, -0.1) is 0 Å². The molecule has 6 heteroatoms. The third kappa shape index (κ3) is 3.16. The molecule has 1 unspecified atom stereocenters. The van der Waals surface area contributed by atoms with Gasteiger partial charge in [-0.25, -0.2) is 4.79 Å². The standard InChI is InChI=1S/C23H22N2O3S/c1-14-6-9-17(10-7-14)23(27)18(12-15-4-2-3-5-15)21(22(26)28-23)16-8-11-19-20(13-16)25-29-24-19/h6-11,13,15,27H,2-5,12H2,1H3. The normalized spacial score (nSPS) is 22.6. The van der Waals surface area contributed by atoms with E-state index in [0.717, 1.165) is 46.7 Å². The number of hydrogen-bond donors (Lipinski definition) is 1. The maximum Gasteiger partial charge on any atom is 0.341 e. The Morgan fingerprint density at radius 1 is 1.10 bits per heavy atom. The summed E-state index contributed by atoms with van der Waals surface area (Å²) >= 11 is 1.15. The number of hydrogen-bond acceptors (Lipinski definition) is 6. The molecule has 0 spiro atoms. The monoisotopic (exact) mass is 406 g/mol. The van der Waals surface area contributed by atoms with E-state index in [2.05, 4.69) is 8.75 Å². The van der Waals surface area contributed by atoms with E-state index in [-0.39, 0.29) is 0 Å². The first-order valence-electron chi connectivity index (χ1n) is 10.0. The van der Waals surface area contributed by atoms with E-state index >= 15 is 0 Å². The minimum Gasteiger partial charge on any atom is -0.421 e. The second-order valence-corrected chi connectivity index (χ2v) is 8.60. The number of aliphatic hydroxyl groups is 1. The van der Waals surface area contributed by atoms with Gasteiger partial charge in [0.25, 0.3) is 5.79 Å². The molecule has 0 radical (unpaired) electrons. The van der Waals surface area contributed by atoms with Gasteiger partial charge >= 0.3 is 5.97 Å². The topological polar surface area (TPSA) is 72.3 Å². The molecule has 1 aromatic heterocycles. The third-order valence-corrected chi connectivity index (χ3v) is 6.66. The number of fused-ring (bicyclic) bond motifs is 1. The van der Waals surface area contributed by atoms with Gasteiger partial charge in [0.1, 0.15) is 11.0 Å². The Morgan fingerprint density at radius 2 is 1.83 bits per heavy atom. The number of aryl methyl sites for hydroxylation is 1. The second kappa shape index (κ2) is 7.04. The van der Waals surface area contributed by atoms with Gasteiger partial charge < -0.3 is 9.84 Å². The second-order valence-electron chi connectivity index (χ2n) is 8.08. The van der Waals surface area contributed by atoms with E-state index in [1.165, 1.54) is 12.8 Å². The lowest BCUT2D eigenvalue weighted by Crippen LogP contribution is -2.29. The number of rotatable bonds is 4. The van der Waals surface area contributed by atoms with Gasteiger partial charge in [0.05, 0.1) is 17.3 Å². The van der Waals surface area contributed by atoms with Crippen LogP contribution in [-0.2, 0) is 15.3 Å². The average molecular weight is 407 g/mol. The van der Waals surface area contributed by atoms with E-state index in [1.54, 1.807) is 0 Å². The molecular formula is C23H22N2O3S. The molecule has 29 heavy (non-hydrogen) atoms. The predicted molar refractivity (Wildman–Crippen MR) is 112 cm³/mol. The zero-order valence-electron chi connectivity index (χ0n) is 16.2. The highest BCUT2D eigenvalue weighted by Gasteiger charge is 2.48. The molecule has 1 aliphatic carbocycles. The summed E-state index contributed by atoms with van der Waals surface area (Å²) in [5.41, 5.74) is 5.10. The van der Waals surface area contributed by atoms with Crippen LogP contribution < -0.4 is 0 Å². The molecule has 148 valence electrons. The van der Waals surface area contributed by atoms with Gasteiger partial charge in [0, 0.05) is 11.1 Å². The summed E-state index contributed by atoms with van der Waals surface area (Å²) < 4.78 is 14.2. The van der Waals surface area contributed by atoms with Gasteiger partial charge in [-0.05, 0) is 37.0 Å². The van der Waals surface area contributed by atoms with Crippen LogP contribution in [0, 0.1) is 12.8 Å². The summed E-state index contributed by atoms with van der Waals surface area (Å²) in [6.45, 7) is 1.99. The minimum absolute atomic E-state index is 0.455. The van der Waals surface area contributed by atoms with Gasteiger partial charge in [0.2, 0.25) is 0 Å². The molecule has 3 aromatic rings. The van der Waals surface area contributed by atoms with Gasteiger partial charge in [-0.2, -0.15) is 8.75 Å². The highest BCUT2D eigenvalue weighted by atomic mass is 32.1. The summed E-state index contributed by atoms with van der Waals surface area (Å²) in [4.78, 5) is 13.0. The van der Waals surface area contributed by atoms with E-state index in [1.807, 2.05) is 49.4 Å². The smallest absolute Gasteiger partial charge is 0.341 e. The number of carbonyl (C=O) groups excluding carboxylic acids is 1. The summed E-state index contributed by atoms with van der Waals surface area (Å²) in [5.74, 6) is -1.75. The highest BCUT2D eigenvalue weighted by Crippen LogP contribution is 2.47. The van der Waals surface area contributed by atoms with Crippen molar-refractivity contribution in [1.82, 2.24) is 8.75 Å². The van der Waals surface area contributed by atoms with Crippen molar-refractivity contribution in [3.05, 3.63) is 64.7 Å². The van der Waals surface area contributed by atoms with Crippen LogP contribution >= 0.6 is 11.7 Å². The van der Waals surface area contributed by atoms with E-state index in [0.29, 0.717) is 29.0 Å². The van der Waals surface area contributed by atoms with Crippen LogP contribution in [0.4, 0.5) is 0 Å². The number of benzene rings is 2. The molecule has 1 fully saturated rings. The van der Waals surface area contributed by atoms with Crippen LogP contribution in [0.15, 0.2) is 48.0 Å². The Labute approximate surface area is 173 Å². The number of carbonyl (C=O) groups is 1. The minimum atomic E-state index is -1.72. The molecule has 2 aromatic carbocycles. The number of esters is 1. The number of aromatic nitrogens is 2. The predicted octanol–water partition coefficient (Wildman–Crippen LogP) is 4.74. The van der Waals surface area contributed by atoms with Crippen LogP contribution in [0.2, 0.25) is 0 Å². The molecule has 5 rings (SSSR count). The number of nitrogens with zero attached hydrogens (tertiary/aromatic N) is 2. The van der Waals surface area contributed by atoms with Crippen LogP contribution in [0.25, 0.3) is 16.6 Å². The Hall–Kier alpha value is -2.57. The molecule has 0 bridgehead atoms. The summed E-state index contributed by atoms with van der Waals surface area (Å²) in [5, 5.41) is 11.6. The maximum absolute atomic E-state index is 13.0. The molecule has 0 amide bonds. The Balaban J connectivity index is 1.67. The van der Waals surface area contributed by atoms with Gasteiger partial charge in [0.15, 0.2) is 0 Å². The van der Waals surface area contributed by atoms with Crippen molar-refractivity contribution in [2.24, 2.45) is 5.92 Å². The highest BCUT2D eigenvalue weighted by molar-refractivity contribution is 7.00. The van der Waals surface area contributed by atoms with Crippen molar-refractivity contribution < 1.29 is 14.6 Å². The fourth-order valence-electron chi connectivity index (χ4n) is 4.53. The quantitative estimate of drug-likeness (QED) is 0.634. The summed E-state index contributed by atoms with van der Waals surface area (Å²) in [6.07, 6.45) is 5.27. The fraction of sp³-hybridized carbons (Fsp3) is 0.348. The van der Waals surface area contributed by atoms with Crippen molar-refractivity contribution in [2.75, 3.05) is 0 Å². The van der Waals surface area contributed by atoms with Gasteiger partial charge in [-0.3, -0.25) is 0 Å². The largest absolute Gasteiger partial charge is 0.421 e. The Kier molecular flexibility index (Phi) is 4.48. The van der Waals surface area contributed by atoms with E-state index in [4.69, 9.17) is 4.74 Å². The zero-order chi connectivity index (χ0) is 20.0. The van der Waals surface area contributed by atoms with Crippen LogP contribution in [0.1, 0.15) is 48.8 Å². The first kappa shape index (κ1) is 18.5. The molecule has 5 nitrogen and oxygen atoms in total. The van der Waals surface area contributed by atoms with E-state index < -0.39 is 11.8 Å². The van der Waals surface area contributed by atoms with Crippen molar-refractivity contribution in [3.63, 3.8) is 0 Å². The lowest BCUT2D eigenvalue weighted by atomic mass is 9.85. The van der Waals surface area contributed by atoms with Crippen molar-refractivity contribution in [3.8, 4) is 0 Å². The van der Waals surface area contributed by atoms with E-state index in [9.17, 15) is 9.90 Å². The summed E-state index contributed by atoms with van der Waals surface area (Å²) in [6, 6.07) is 13.1. The van der Waals surface area contributed by atoms with Crippen LogP contribution in [0.5, 0.6) is 0 Å². The summed E-state index contributed by atoms with van der Waals surface area (Å²) in [7, 11) is 0. The maximum atomic E-state index is 13.0. The Morgan fingerprint density at radius 3 is 2.59 bits per heavy atom. The molecule has 0 saturated heterocycles. The lowest BCUT2D eigenvalue weighted by Gasteiger charge is -2.27. The molecule has 1 atom stereocenters. The number of ether oxygens (including phenoxy) is 1. The fourth-order valence-corrected chi connectivity index (χ4v) is 5.04. The first-order valence-corrected chi connectivity index (χ1v) is 10.8.